The molecule has 0 bridgehead atoms. The van der Waals surface area contributed by atoms with Gasteiger partial charge in [0.15, 0.2) is 5.96 Å². The molecule has 2 N–H and O–H groups in total. The van der Waals surface area contributed by atoms with Crippen molar-refractivity contribution >= 4 is 41.3 Å². The highest BCUT2D eigenvalue weighted by molar-refractivity contribution is 14.0. The number of aliphatic imine (C=N–C) groups is 1. The van der Waals surface area contributed by atoms with Crippen molar-refractivity contribution in [3.05, 3.63) is 63.5 Å². The Hall–Kier alpha value is -1.81. The van der Waals surface area contributed by atoms with Gasteiger partial charge in [-0.25, -0.2) is 4.99 Å². The van der Waals surface area contributed by atoms with Crippen molar-refractivity contribution in [1.29, 1.82) is 0 Å². The minimum atomic E-state index is 0. The number of furan rings is 1. The molecular formula is C20H28IN5OS. The van der Waals surface area contributed by atoms with Crippen LogP contribution in [0.25, 0.3) is 0 Å². The number of rotatable bonds is 8. The lowest BCUT2D eigenvalue weighted by atomic mass is 10.2. The lowest BCUT2D eigenvalue weighted by molar-refractivity contribution is 0.506. The largest absolute Gasteiger partial charge is 0.469 e. The number of guanidine groups is 1. The van der Waals surface area contributed by atoms with E-state index >= 15 is 0 Å². The van der Waals surface area contributed by atoms with Crippen LogP contribution < -0.4 is 10.6 Å². The zero-order valence-electron chi connectivity index (χ0n) is 16.6. The Kier molecular flexibility index (Phi) is 9.04. The molecule has 0 saturated carbocycles. The molecule has 0 aliphatic heterocycles. The molecule has 3 aromatic rings. The molecule has 0 spiro atoms. The number of halogens is 1. The Morgan fingerprint density at radius 1 is 1.18 bits per heavy atom. The van der Waals surface area contributed by atoms with Gasteiger partial charge < -0.3 is 15.1 Å². The van der Waals surface area contributed by atoms with E-state index in [1.807, 2.05) is 30.8 Å². The lowest BCUT2D eigenvalue weighted by Gasteiger charge is -2.12. The summed E-state index contributed by atoms with van der Waals surface area (Å²) in [5, 5.41) is 13.4. The fourth-order valence-electron chi connectivity index (χ4n) is 2.90. The van der Waals surface area contributed by atoms with E-state index in [1.165, 1.54) is 10.4 Å². The normalized spacial score (nSPS) is 11.3. The molecule has 0 aromatic carbocycles. The van der Waals surface area contributed by atoms with Gasteiger partial charge in [-0.2, -0.15) is 5.10 Å². The smallest absolute Gasteiger partial charge is 0.191 e. The van der Waals surface area contributed by atoms with Crippen LogP contribution in [0.3, 0.4) is 0 Å². The summed E-state index contributed by atoms with van der Waals surface area (Å²) >= 11 is 1.78. The molecule has 0 amide bonds. The SMILES string of the molecule is Cc1nn(C)c(C)c1CN=C(NCCc1ccco1)NCCc1cccs1.I. The fraction of sp³-hybridized carbons (Fsp3) is 0.400. The summed E-state index contributed by atoms with van der Waals surface area (Å²) in [5.74, 6) is 1.79. The van der Waals surface area contributed by atoms with Gasteiger partial charge in [0.25, 0.3) is 0 Å². The quantitative estimate of drug-likeness (QED) is 0.273. The maximum Gasteiger partial charge on any atom is 0.191 e. The van der Waals surface area contributed by atoms with Gasteiger partial charge in [-0.15, -0.1) is 35.3 Å². The summed E-state index contributed by atoms with van der Waals surface area (Å²) in [6, 6.07) is 8.16. The zero-order valence-corrected chi connectivity index (χ0v) is 19.7. The second-order valence-corrected chi connectivity index (χ2v) is 7.48. The maximum atomic E-state index is 5.40. The van der Waals surface area contributed by atoms with Crippen LogP contribution in [0.4, 0.5) is 0 Å². The molecule has 0 saturated heterocycles. The average Bonchev–Trinajstić information content (AvgIpc) is 3.38. The summed E-state index contributed by atoms with van der Waals surface area (Å²) in [7, 11) is 1.97. The standard InChI is InChI=1S/C20H27N5OS.HI/c1-15-19(16(2)25(3)24-15)14-23-20(21-10-8-17-6-4-12-26-17)22-11-9-18-7-5-13-27-18;/h4-7,12-13H,8-11,14H2,1-3H3,(H2,21,22,23);1H. The molecular weight excluding hydrogens is 485 g/mol. The van der Waals surface area contributed by atoms with Crippen molar-refractivity contribution in [3.63, 3.8) is 0 Å². The first-order valence-electron chi connectivity index (χ1n) is 9.19. The zero-order chi connectivity index (χ0) is 19.1. The fourth-order valence-corrected chi connectivity index (χ4v) is 3.61. The summed E-state index contributed by atoms with van der Waals surface area (Å²) in [4.78, 5) is 6.15. The third-order valence-electron chi connectivity index (χ3n) is 4.54. The van der Waals surface area contributed by atoms with Crippen molar-refractivity contribution in [2.24, 2.45) is 12.0 Å². The second kappa shape index (κ2) is 11.3. The van der Waals surface area contributed by atoms with Gasteiger partial charge in [0, 0.05) is 42.7 Å². The average molecular weight is 513 g/mol. The molecule has 8 heteroatoms. The maximum absolute atomic E-state index is 5.40. The Labute approximate surface area is 187 Å². The van der Waals surface area contributed by atoms with E-state index in [1.54, 1.807) is 17.6 Å². The van der Waals surface area contributed by atoms with Crippen LogP contribution in [0.1, 0.15) is 27.6 Å². The van der Waals surface area contributed by atoms with Gasteiger partial charge in [-0.3, -0.25) is 4.68 Å². The molecule has 0 aliphatic carbocycles. The molecule has 0 aliphatic rings. The van der Waals surface area contributed by atoms with Crippen molar-refractivity contribution in [2.45, 2.75) is 33.2 Å². The summed E-state index contributed by atoms with van der Waals surface area (Å²) in [6.45, 7) is 6.34. The number of hydrogen-bond acceptors (Lipinski definition) is 4. The third kappa shape index (κ3) is 6.37. The predicted molar refractivity (Wildman–Crippen MR) is 126 cm³/mol. The number of hydrogen-bond donors (Lipinski definition) is 2. The van der Waals surface area contributed by atoms with E-state index in [0.717, 1.165) is 49.0 Å². The molecule has 28 heavy (non-hydrogen) atoms. The molecule has 6 nitrogen and oxygen atoms in total. The first-order valence-corrected chi connectivity index (χ1v) is 10.1. The molecule has 0 unspecified atom stereocenters. The molecule has 3 heterocycles. The number of nitrogens with one attached hydrogen (secondary N) is 2. The number of aromatic nitrogens is 2. The molecule has 0 atom stereocenters. The number of aryl methyl sites for hydroxylation is 2. The van der Waals surface area contributed by atoms with Crippen molar-refractivity contribution in [3.8, 4) is 0 Å². The molecule has 3 rings (SSSR count). The Morgan fingerprint density at radius 2 is 1.96 bits per heavy atom. The van der Waals surface area contributed by atoms with Gasteiger partial charge >= 0.3 is 0 Å². The van der Waals surface area contributed by atoms with Gasteiger partial charge in [-0.1, -0.05) is 6.07 Å². The van der Waals surface area contributed by atoms with Crippen molar-refractivity contribution < 1.29 is 4.42 Å². The molecule has 3 aromatic heterocycles. The van der Waals surface area contributed by atoms with Crippen LogP contribution in [-0.4, -0.2) is 28.8 Å². The van der Waals surface area contributed by atoms with Crippen LogP contribution in [0.15, 0.2) is 45.3 Å². The highest BCUT2D eigenvalue weighted by atomic mass is 127. The Morgan fingerprint density at radius 3 is 2.57 bits per heavy atom. The van der Waals surface area contributed by atoms with Gasteiger partial charge in [0.2, 0.25) is 0 Å². The van der Waals surface area contributed by atoms with E-state index in [-0.39, 0.29) is 24.0 Å². The van der Waals surface area contributed by atoms with Crippen LogP contribution in [0.2, 0.25) is 0 Å². The number of thiophene rings is 1. The Bertz CT molecular complexity index is 813. The monoisotopic (exact) mass is 513 g/mol. The van der Waals surface area contributed by atoms with Crippen molar-refractivity contribution in [2.75, 3.05) is 13.1 Å². The van der Waals surface area contributed by atoms with Crippen molar-refractivity contribution in [1.82, 2.24) is 20.4 Å². The van der Waals surface area contributed by atoms with Crippen LogP contribution >= 0.6 is 35.3 Å². The highest BCUT2D eigenvalue weighted by Crippen LogP contribution is 2.13. The lowest BCUT2D eigenvalue weighted by Crippen LogP contribution is -2.39. The summed E-state index contributed by atoms with van der Waals surface area (Å²) < 4.78 is 7.31. The topological polar surface area (TPSA) is 67.4 Å². The molecule has 0 fully saturated rings. The van der Waals surface area contributed by atoms with Crippen LogP contribution in [0, 0.1) is 13.8 Å². The molecule has 0 radical (unpaired) electrons. The number of nitrogens with zero attached hydrogens (tertiary/aromatic N) is 3. The minimum Gasteiger partial charge on any atom is -0.469 e. The van der Waals surface area contributed by atoms with E-state index in [4.69, 9.17) is 9.41 Å². The van der Waals surface area contributed by atoms with Crippen LogP contribution in [-0.2, 0) is 26.4 Å². The first kappa shape index (κ1) is 22.5. The third-order valence-corrected chi connectivity index (χ3v) is 5.48. The first-order chi connectivity index (χ1) is 13.1. The highest BCUT2D eigenvalue weighted by Gasteiger charge is 2.09. The molecule has 152 valence electrons. The second-order valence-electron chi connectivity index (χ2n) is 6.45. The van der Waals surface area contributed by atoms with E-state index in [9.17, 15) is 0 Å². The van der Waals surface area contributed by atoms with E-state index < -0.39 is 0 Å². The summed E-state index contributed by atoms with van der Waals surface area (Å²) in [6.07, 6.45) is 3.52. The van der Waals surface area contributed by atoms with Crippen LogP contribution in [0.5, 0.6) is 0 Å². The summed E-state index contributed by atoms with van der Waals surface area (Å²) in [5.41, 5.74) is 3.37. The van der Waals surface area contributed by atoms with E-state index in [2.05, 4.69) is 40.2 Å². The van der Waals surface area contributed by atoms with Gasteiger partial charge in [-0.05, 0) is 43.8 Å². The Balaban J connectivity index is 0.00000280. The van der Waals surface area contributed by atoms with Gasteiger partial charge in [0.05, 0.1) is 18.5 Å². The van der Waals surface area contributed by atoms with Gasteiger partial charge in [0.1, 0.15) is 5.76 Å². The minimum absolute atomic E-state index is 0. The van der Waals surface area contributed by atoms with E-state index in [0.29, 0.717) is 6.54 Å². The predicted octanol–water partition coefficient (Wildman–Crippen LogP) is 3.83.